The Labute approximate surface area is 66.7 Å². The molecule has 1 rings (SSSR count). The van der Waals surface area contributed by atoms with Crippen LogP contribution >= 0.6 is 0 Å². The Hall–Kier alpha value is -0.410. The summed E-state index contributed by atoms with van der Waals surface area (Å²) in [7, 11) is 3.28. The molecule has 3 nitrogen and oxygen atoms in total. The van der Waals surface area contributed by atoms with Crippen LogP contribution in [-0.4, -0.2) is 33.2 Å². The Morgan fingerprint density at radius 3 is 2.45 bits per heavy atom. The van der Waals surface area contributed by atoms with Crippen molar-refractivity contribution in [3.05, 3.63) is 0 Å². The van der Waals surface area contributed by atoms with Crippen LogP contribution in [-0.2, 0) is 14.3 Å². The second-order valence-electron chi connectivity index (χ2n) is 2.95. The van der Waals surface area contributed by atoms with Gasteiger partial charge in [0, 0.05) is 32.5 Å². The van der Waals surface area contributed by atoms with Gasteiger partial charge in [-0.05, 0) is 0 Å². The maximum Gasteiger partial charge on any atom is 0.139 e. The van der Waals surface area contributed by atoms with Crippen LogP contribution in [0, 0.1) is 11.8 Å². The highest BCUT2D eigenvalue weighted by molar-refractivity contribution is 5.87. The number of carbonyl (C=O) groups excluding carboxylic acids is 1. The number of methoxy groups -OCH3 is 2. The van der Waals surface area contributed by atoms with Crippen LogP contribution < -0.4 is 0 Å². The molecule has 0 aliphatic heterocycles. The second kappa shape index (κ2) is 3.83. The number of hydrogen-bond donors (Lipinski definition) is 0. The highest BCUT2D eigenvalue weighted by atomic mass is 16.5. The van der Waals surface area contributed by atoms with Gasteiger partial charge in [-0.1, -0.05) is 0 Å². The lowest BCUT2D eigenvalue weighted by molar-refractivity contribution is -0.139. The van der Waals surface area contributed by atoms with Gasteiger partial charge in [0.05, 0.1) is 13.2 Å². The summed E-state index contributed by atoms with van der Waals surface area (Å²) < 4.78 is 9.88. The fourth-order valence-corrected chi connectivity index (χ4v) is 1.45. The molecule has 3 heteroatoms. The fourth-order valence-electron chi connectivity index (χ4n) is 1.45. The molecule has 1 saturated carbocycles. The monoisotopic (exact) mass is 158 g/mol. The van der Waals surface area contributed by atoms with Crippen molar-refractivity contribution in [2.45, 2.75) is 6.42 Å². The van der Waals surface area contributed by atoms with Gasteiger partial charge in [0.1, 0.15) is 5.78 Å². The van der Waals surface area contributed by atoms with Gasteiger partial charge in [-0.2, -0.15) is 0 Å². The molecule has 64 valence electrons. The maximum atomic E-state index is 11.0. The highest BCUT2D eigenvalue weighted by Gasteiger charge is 2.39. The number of ether oxygens (including phenoxy) is 2. The van der Waals surface area contributed by atoms with Crippen molar-refractivity contribution in [1.29, 1.82) is 0 Å². The third-order valence-electron chi connectivity index (χ3n) is 2.17. The molecular formula is C8H14O3. The van der Waals surface area contributed by atoms with E-state index in [9.17, 15) is 4.79 Å². The van der Waals surface area contributed by atoms with Crippen LogP contribution in [0.5, 0.6) is 0 Å². The summed E-state index contributed by atoms with van der Waals surface area (Å²) in [6, 6.07) is 0. The average molecular weight is 158 g/mol. The van der Waals surface area contributed by atoms with E-state index in [-0.39, 0.29) is 5.92 Å². The van der Waals surface area contributed by atoms with Gasteiger partial charge in [-0.25, -0.2) is 0 Å². The third kappa shape index (κ3) is 1.79. The smallest absolute Gasteiger partial charge is 0.139 e. The molecule has 1 aliphatic carbocycles. The molecule has 0 radical (unpaired) electrons. The van der Waals surface area contributed by atoms with Gasteiger partial charge < -0.3 is 9.47 Å². The number of ketones is 1. The molecule has 11 heavy (non-hydrogen) atoms. The molecule has 0 heterocycles. The van der Waals surface area contributed by atoms with E-state index in [1.165, 1.54) is 0 Å². The minimum Gasteiger partial charge on any atom is -0.384 e. The Bertz CT molecular complexity index is 144. The normalized spacial score (nSPS) is 30.2. The summed E-state index contributed by atoms with van der Waals surface area (Å²) in [4.78, 5) is 11.0. The molecular weight excluding hydrogens is 144 g/mol. The summed E-state index contributed by atoms with van der Waals surface area (Å²) >= 11 is 0. The quantitative estimate of drug-likeness (QED) is 0.597. The van der Waals surface area contributed by atoms with Crippen LogP contribution in [0.4, 0.5) is 0 Å². The van der Waals surface area contributed by atoms with Gasteiger partial charge in [-0.15, -0.1) is 0 Å². The molecule has 2 atom stereocenters. The molecule has 0 aromatic rings. The van der Waals surface area contributed by atoms with E-state index < -0.39 is 0 Å². The summed E-state index contributed by atoms with van der Waals surface area (Å²) in [6.45, 7) is 1.23. The largest absolute Gasteiger partial charge is 0.384 e. The molecule has 0 spiro atoms. The predicted octanol–water partition coefficient (Wildman–Crippen LogP) is 0.484. The first-order valence-electron chi connectivity index (χ1n) is 3.80. The van der Waals surface area contributed by atoms with Crippen molar-refractivity contribution < 1.29 is 14.3 Å². The van der Waals surface area contributed by atoms with E-state index in [4.69, 9.17) is 9.47 Å². The maximum absolute atomic E-state index is 11.0. The zero-order chi connectivity index (χ0) is 8.27. The first kappa shape index (κ1) is 8.68. The van der Waals surface area contributed by atoms with E-state index in [0.717, 1.165) is 0 Å². The lowest BCUT2D eigenvalue weighted by Gasteiger charge is -2.33. The first-order valence-corrected chi connectivity index (χ1v) is 3.80. The van der Waals surface area contributed by atoms with E-state index in [1.54, 1.807) is 14.2 Å². The molecule has 0 bridgehead atoms. The third-order valence-corrected chi connectivity index (χ3v) is 2.17. The van der Waals surface area contributed by atoms with Crippen LogP contribution in [0.2, 0.25) is 0 Å². The molecule has 0 saturated heterocycles. The second-order valence-corrected chi connectivity index (χ2v) is 2.95. The van der Waals surface area contributed by atoms with Crippen molar-refractivity contribution in [3.63, 3.8) is 0 Å². The zero-order valence-corrected chi connectivity index (χ0v) is 7.00. The van der Waals surface area contributed by atoms with Crippen LogP contribution in [0.15, 0.2) is 0 Å². The lowest BCUT2D eigenvalue weighted by Crippen LogP contribution is -2.42. The molecule has 0 unspecified atom stereocenters. The molecule has 1 fully saturated rings. The number of hydrogen-bond acceptors (Lipinski definition) is 3. The van der Waals surface area contributed by atoms with Crippen molar-refractivity contribution >= 4 is 5.78 Å². The van der Waals surface area contributed by atoms with Crippen molar-refractivity contribution in [2.24, 2.45) is 11.8 Å². The Kier molecular flexibility index (Phi) is 3.02. The fraction of sp³-hybridized carbons (Fsp3) is 0.875. The van der Waals surface area contributed by atoms with Gasteiger partial charge in [0.15, 0.2) is 0 Å². The van der Waals surface area contributed by atoms with E-state index >= 15 is 0 Å². The van der Waals surface area contributed by atoms with E-state index in [2.05, 4.69) is 0 Å². The summed E-state index contributed by atoms with van der Waals surface area (Å²) in [5.41, 5.74) is 0. The average Bonchev–Trinajstić information content (AvgIpc) is 2.00. The number of carbonyl (C=O) groups is 1. The van der Waals surface area contributed by atoms with E-state index in [1.807, 2.05) is 0 Å². The van der Waals surface area contributed by atoms with Gasteiger partial charge in [0.25, 0.3) is 0 Å². The Morgan fingerprint density at radius 2 is 2.00 bits per heavy atom. The molecule has 0 N–H and O–H groups in total. The SMILES string of the molecule is COC[C@H]1CC(=O)[C@@H]1COC. The topological polar surface area (TPSA) is 35.5 Å². The Balaban J connectivity index is 2.29. The van der Waals surface area contributed by atoms with Gasteiger partial charge >= 0.3 is 0 Å². The lowest BCUT2D eigenvalue weighted by atomic mass is 9.73. The van der Waals surface area contributed by atoms with Crippen molar-refractivity contribution in [3.8, 4) is 0 Å². The molecule has 0 aromatic carbocycles. The Morgan fingerprint density at radius 1 is 1.36 bits per heavy atom. The minimum atomic E-state index is 0.0972. The van der Waals surface area contributed by atoms with Gasteiger partial charge in [0.2, 0.25) is 0 Å². The summed E-state index contributed by atoms with van der Waals surface area (Å²) in [5.74, 6) is 0.807. The first-order chi connectivity index (χ1) is 5.29. The standard InChI is InChI=1S/C8H14O3/c1-10-4-6-3-8(9)7(6)5-11-2/h6-7H,3-5H2,1-2H3/t6-,7-/m1/s1. The van der Waals surface area contributed by atoms with Crippen molar-refractivity contribution in [2.75, 3.05) is 27.4 Å². The van der Waals surface area contributed by atoms with Gasteiger partial charge in [-0.3, -0.25) is 4.79 Å². The molecule has 1 aliphatic rings. The molecule has 0 amide bonds. The number of rotatable bonds is 4. The summed E-state index contributed by atoms with van der Waals surface area (Å²) in [6.07, 6.45) is 0.669. The van der Waals surface area contributed by atoms with E-state index in [0.29, 0.717) is 31.3 Å². The van der Waals surface area contributed by atoms with Crippen LogP contribution in [0.1, 0.15) is 6.42 Å². The minimum absolute atomic E-state index is 0.0972. The van der Waals surface area contributed by atoms with Crippen LogP contribution in [0.3, 0.4) is 0 Å². The summed E-state index contributed by atoms with van der Waals surface area (Å²) in [5, 5.41) is 0. The number of Topliss-reactive ketones (excluding diaryl/α,β-unsaturated/α-hetero) is 1. The highest BCUT2D eigenvalue weighted by Crippen LogP contribution is 2.30. The zero-order valence-electron chi connectivity index (χ0n) is 7.00. The molecule has 0 aromatic heterocycles. The predicted molar refractivity (Wildman–Crippen MR) is 40.4 cm³/mol. The van der Waals surface area contributed by atoms with Crippen molar-refractivity contribution in [1.82, 2.24) is 0 Å². The van der Waals surface area contributed by atoms with Crippen LogP contribution in [0.25, 0.3) is 0 Å².